The Labute approximate surface area is 107 Å². The normalized spacial score (nSPS) is 43.2. The van der Waals surface area contributed by atoms with Gasteiger partial charge in [0.15, 0.2) is 0 Å². The third-order valence-electron chi connectivity index (χ3n) is 5.52. The monoisotopic (exact) mass is 247 g/mol. The minimum Gasteiger partial charge on any atom is -0.398 e. The van der Waals surface area contributed by atoms with Crippen LogP contribution < -0.4 is 5.73 Å². The Morgan fingerprint density at radius 3 is 2.06 bits per heavy atom. The molecule has 4 fully saturated rings. The summed E-state index contributed by atoms with van der Waals surface area (Å²) >= 11 is 1.98. The van der Waals surface area contributed by atoms with Crippen LogP contribution in [0.1, 0.15) is 48.3 Å². The van der Waals surface area contributed by atoms with Crippen LogP contribution in [0.15, 0.2) is 6.07 Å². The fraction of sp³-hybridized carbons (Fsp3) is 0.733. The lowest BCUT2D eigenvalue weighted by molar-refractivity contribution is -0.00345. The van der Waals surface area contributed by atoms with Gasteiger partial charge in [0.1, 0.15) is 0 Å². The summed E-state index contributed by atoms with van der Waals surface area (Å²) < 4.78 is 0. The van der Waals surface area contributed by atoms with Crippen LogP contribution in [0.3, 0.4) is 0 Å². The van der Waals surface area contributed by atoms with Crippen molar-refractivity contribution in [2.75, 3.05) is 5.73 Å². The van der Waals surface area contributed by atoms with Crippen molar-refractivity contribution in [1.82, 2.24) is 0 Å². The molecular formula is C15H21NS. The predicted molar refractivity (Wildman–Crippen MR) is 73.3 cm³/mol. The van der Waals surface area contributed by atoms with Crippen LogP contribution in [-0.4, -0.2) is 0 Å². The van der Waals surface area contributed by atoms with E-state index < -0.39 is 0 Å². The molecule has 4 saturated carbocycles. The molecule has 1 heterocycles. The number of nitrogen functional groups attached to an aromatic ring is 1. The number of rotatable bonds is 1. The second-order valence-electron chi connectivity index (χ2n) is 6.82. The van der Waals surface area contributed by atoms with Gasteiger partial charge in [0.25, 0.3) is 0 Å². The van der Waals surface area contributed by atoms with Crippen LogP contribution in [0.2, 0.25) is 0 Å². The van der Waals surface area contributed by atoms with Crippen molar-refractivity contribution in [3.8, 4) is 0 Å². The lowest BCUT2D eigenvalue weighted by Crippen LogP contribution is -2.48. The molecule has 1 nitrogen and oxygen atoms in total. The summed E-state index contributed by atoms with van der Waals surface area (Å²) in [7, 11) is 0. The molecule has 17 heavy (non-hydrogen) atoms. The largest absolute Gasteiger partial charge is 0.398 e. The predicted octanol–water partition coefficient (Wildman–Crippen LogP) is 4.11. The number of hydrogen-bond donors (Lipinski definition) is 1. The van der Waals surface area contributed by atoms with Crippen LogP contribution in [-0.2, 0) is 5.41 Å². The van der Waals surface area contributed by atoms with Crippen LogP contribution >= 0.6 is 11.3 Å². The van der Waals surface area contributed by atoms with Crippen molar-refractivity contribution in [2.45, 2.75) is 50.9 Å². The quantitative estimate of drug-likeness (QED) is 0.794. The van der Waals surface area contributed by atoms with Crippen molar-refractivity contribution >= 4 is 17.0 Å². The van der Waals surface area contributed by atoms with Gasteiger partial charge in [-0.15, -0.1) is 11.3 Å². The van der Waals surface area contributed by atoms with Gasteiger partial charge in [-0.1, -0.05) is 0 Å². The van der Waals surface area contributed by atoms with Gasteiger partial charge in [0.2, 0.25) is 0 Å². The number of nitrogens with two attached hydrogens (primary N) is 1. The lowest BCUT2D eigenvalue weighted by Gasteiger charge is -2.56. The van der Waals surface area contributed by atoms with Crippen molar-refractivity contribution in [1.29, 1.82) is 0 Å². The van der Waals surface area contributed by atoms with E-state index in [2.05, 4.69) is 13.0 Å². The molecule has 1 aromatic rings. The molecule has 4 bridgehead atoms. The van der Waals surface area contributed by atoms with Crippen molar-refractivity contribution in [2.24, 2.45) is 17.8 Å². The van der Waals surface area contributed by atoms with E-state index in [0.717, 1.165) is 23.4 Å². The summed E-state index contributed by atoms with van der Waals surface area (Å²) in [6.45, 7) is 2.17. The first-order valence-corrected chi connectivity index (χ1v) is 7.83. The molecule has 4 aliphatic carbocycles. The van der Waals surface area contributed by atoms with Crippen molar-refractivity contribution < 1.29 is 0 Å². The molecule has 0 aromatic carbocycles. The number of hydrogen-bond acceptors (Lipinski definition) is 2. The van der Waals surface area contributed by atoms with Gasteiger partial charge in [-0.2, -0.15) is 0 Å². The third kappa shape index (κ3) is 1.43. The van der Waals surface area contributed by atoms with Gasteiger partial charge in [-0.25, -0.2) is 0 Å². The second-order valence-corrected chi connectivity index (χ2v) is 8.08. The Balaban J connectivity index is 1.77. The van der Waals surface area contributed by atoms with E-state index in [1.165, 1.54) is 43.4 Å². The molecule has 0 unspecified atom stereocenters. The highest BCUT2D eigenvalue weighted by Crippen LogP contribution is 2.61. The first-order chi connectivity index (χ1) is 8.14. The average Bonchev–Trinajstić information content (AvgIpc) is 2.58. The second kappa shape index (κ2) is 3.28. The first kappa shape index (κ1) is 10.4. The van der Waals surface area contributed by atoms with Gasteiger partial charge in [-0.05, 0) is 69.3 Å². The van der Waals surface area contributed by atoms with E-state index in [4.69, 9.17) is 5.73 Å². The summed E-state index contributed by atoms with van der Waals surface area (Å²) in [6, 6.07) is 2.30. The molecule has 0 atom stereocenters. The Kier molecular flexibility index (Phi) is 2.01. The molecule has 92 valence electrons. The van der Waals surface area contributed by atoms with Gasteiger partial charge < -0.3 is 5.73 Å². The summed E-state index contributed by atoms with van der Waals surface area (Å²) in [5, 5.41) is 0. The smallest absolute Gasteiger partial charge is 0.0455 e. The number of thiophene rings is 1. The topological polar surface area (TPSA) is 26.0 Å². The molecule has 0 spiro atoms. The van der Waals surface area contributed by atoms with Crippen LogP contribution in [0.4, 0.5) is 5.69 Å². The van der Waals surface area contributed by atoms with Gasteiger partial charge >= 0.3 is 0 Å². The van der Waals surface area contributed by atoms with E-state index in [0.29, 0.717) is 5.41 Å². The molecule has 0 amide bonds. The zero-order valence-corrected chi connectivity index (χ0v) is 11.4. The average molecular weight is 247 g/mol. The molecular weight excluding hydrogens is 226 g/mol. The van der Waals surface area contributed by atoms with Gasteiger partial charge in [0.05, 0.1) is 0 Å². The zero-order chi connectivity index (χ0) is 11.6. The summed E-state index contributed by atoms with van der Waals surface area (Å²) in [4.78, 5) is 2.95. The van der Waals surface area contributed by atoms with E-state index in [1.54, 1.807) is 4.88 Å². The Morgan fingerprint density at radius 2 is 1.65 bits per heavy atom. The Hall–Kier alpha value is -0.500. The summed E-state index contributed by atoms with van der Waals surface area (Å²) in [6.07, 6.45) is 8.95. The zero-order valence-electron chi connectivity index (χ0n) is 10.5. The Morgan fingerprint density at radius 1 is 1.12 bits per heavy atom. The van der Waals surface area contributed by atoms with E-state index >= 15 is 0 Å². The lowest BCUT2D eigenvalue weighted by atomic mass is 9.49. The van der Waals surface area contributed by atoms with Crippen molar-refractivity contribution in [3.05, 3.63) is 15.8 Å². The van der Waals surface area contributed by atoms with Crippen molar-refractivity contribution in [3.63, 3.8) is 0 Å². The van der Waals surface area contributed by atoms with E-state index in [-0.39, 0.29) is 0 Å². The van der Waals surface area contributed by atoms with Crippen LogP contribution in [0, 0.1) is 24.7 Å². The van der Waals surface area contributed by atoms with E-state index in [1.807, 2.05) is 11.3 Å². The maximum atomic E-state index is 6.07. The minimum absolute atomic E-state index is 0.543. The molecule has 2 N–H and O–H groups in total. The standard InChI is InChI=1S/C15H21NS/c1-9-13(16)5-14(17-9)15-6-10-2-11(7-15)4-12(3-10)8-15/h5,10-12H,2-4,6-8,16H2,1H3. The molecule has 0 radical (unpaired) electrons. The fourth-order valence-electron chi connectivity index (χ4n) is 5.17. The first-order valence-electron chi connectivity index (χ1n) is 7.01. The molecule has 1 aromatic heterocycles. The van der Waals surface area contributed by atoms with Crippen LogP contribution in [0.5, 0.6) is 0 Å². The van der Waals surface area contributed by atoms with Crippen LogP contribution in [0.25, 0.3) is 0 Å². The molecule has 2 heteroatoms. The summed E-state index contributed by atoms with van der Waals surface area (Å²) in [5.74, 6) is 3.10. The maximum Gasteiger partial charge on any atom is 0.0455 e. The molecule has 0 saturated heterocycles. The minimum atomic E-state index is 0.543. The fourth-order valence-corrected chi connectivity index (χ4v) is 6.33. The van der Waals surface area contributed by atoms with E-state index in [9.17, 15) is 0 Å². The summed E-state index contributed by atoms with van der Waals surface area (Å²) in [5.41, 5.74) is 7.64. The Bertz CT molecular complexity index is 405. The molecule has 5 rings (SSSR count). The highest BCUT2D eigenvalue weighted by Gasteiger charge is 2.52. The molecule has 0 aliphatic heterocycles. The SMILES string of the molecule is Cc1sc(C23CC4CC(CC(C4)C2)C3)cc1N. The maximum absolute atomic E-state index is 6.07. The highest BCUT2D eigenvalue weighted by molar-refractivity contribution is 7.12. The highest BCUT2D eigenvalue weighted by atomic mass is 32.1. The molecule has 4 aliphatic rings. The van der Waals surface area contributed by atoms with Gasteiger partial charge in [0, 0.05) is 20.9 Å². The third-order valence-corrected chi connectivity index (χ3v) is 6.83. The van der Waals surface area contributed by atoms with Gasteiger partial charge in [-0.3, -0.25) is 0 Å². The number of aryl methyl sites for hydroxylation is 1. The number of anilines is 1.